The smallest absolute Gasteiger partial charge is 0.121 e. The summed E-state index contributed by atoms with van der Waals surface area (Å²) in [5.41, 5.74) is 1.29. The predicted octanol–water partition coefficient (Wildman–Crippen LogP) is 1.67. The second-order valence-corrected chi connectivity index (χ2v) is 3.49. The van der Waals surface area contributed by atoms with E-state index < -0.39 is 0 Å². The molecule has 15 heavy (non-hydrogen) atoms. The number of aliphatic hydroxyl groups is 2. The van der Waals surface area contributed by atoms with Crippen LogP contribution >= 0.6 is 0 Å². The minimum Gasteiger partial charge on any atom is -0.508 e. The van der Waals surface area contributed by atoms with Crippen molar-refractivity contribution < 1.29 is 15.3 Å². The Morgan fingerprint density at radius 2 is 2.13 bits per heavy atom. The van der Waals surface area contributed by atoms with E-state index in [1.807, 2.05) is 12.1 Å². The second kappa shape index (κ2) is 5.53. The molecule has 0 spiro atoms. The van der Waals surface area contributed by atoms with E-state index in [0.717, 1.165) is 5.56 Å². The summed E-state index contributed by atoms with van der Waals surface area (Å²) in [4.78, 5) is 0. The van der Waals surface area contributed by atoms with Crippen LogP contribution in [0.15, 0.2) is 24.3 Å². The Morgan fingerprint density at radius 3 is 2.73 bits per heavy atom. The lowest BCUT2D eigenvalue weighted by Crippen LogP contribution is -1.95. The van der Waals surface area contributed by atoms with Gasteiger partial charge >= 0.3 is 0 Å². The number of aromatic hydroxyl groups is 1. The first-order chi connectivity index (χ1) is 7.15. The highest BCUT2D eigenvalue weighted by Crippen LogP contribution is 2.22. The largest absolute Gasteiger partial charge is 0.508 e. The zero-order valence-electron chi connectivity index (χ0n) is 8.72. The van der Waals surface area contributed by atoms with E-state index in [4.69, 9.17) is 10.2 Å². The first-order valence-corrected chi connectivity index (χ1v) is 4.91. The molecule has 82 valence electrons. The molecule has 1 aromatic carbocycles. The molecule has 0 aliphatic rings. The van der Waals surface area contributed by atoms with E-state index in [1.54, 1.807) is 19.1 Å². The molecule has 3 nitrogen and oxygen atoms in total. The normalized spacial score (nSPS) is 13.3. The fourth-order valence-corrected chi connectivity index (χ4v) is 1.31. The highest BCUT2D eigenvalue weighted by Gasteiger charge is 2.03. The first kappa shape index (κ1) is 11.8. The summed E-state index contributed by atoms with van der Waals surface area (Å²) in [7, 11) is 0. The van der Waals surface area contributed by atoms with Crippen LogP contribution in [-0.2, 0) is 6.61 Å². The van der Waals surface area contributed by atoms with Crippen molar-refractivity contribution in [1.82, 2.24) is 0 Å². The monoisotopic (exact) mass is 208 g/mol. The van der Waals surface area contributed by atoms with E-state index in [2.05, 4.69) is 0 Å². The Balaban J connectivity index is 2.84. The molecule has 1 atom stereocenters. The molecule has 0 amide bonds. The van der Waals surface area contributed by atoms with Crippen molar-refractivity contribution in [2.24, 2.45) is 0 Å². The summed E-state index contributed by atoms with van der Waals surface area (Å²) in [6.45, 7) is 1.51. The van der Waals surface area contributed by atoms with Crippen molar-refractivity contribution in [3.8, 4) is 5.75 Å². The van der Waals surface area contributed by atoms with Gasteiger partial charge in [0.1, 0.15) is 5.75 Å². The maximum Gasteiger partial charge on any atom is 0.121 e. The Hall–Kier alpha value is -1.32. The van der Waals surface area contributed by atoms with E-state index in [9.17, 15) is 5.11 Å². The van der Waals surface area contributed by atoms with Gasteiger partial charge in [-0.25, -0.2) is 0 Å². The number of hydrogen-bond donors (Lipinski definition) is 3. The van der Waals surface area contributed by atoms with Gasteiger partial charge in [0.15, 0.2) is 0 Å². The summed E-state index contributed by atoms with van der Waals surface area (Å²) < 4.78 is 0. The van der Waals surface area contributed by atoms with Crippen molar-refractivity contribution in [1.29, 1.82) is 0 Å². The summed E-state index contributed by atoms with van der Waals surface area (Å²) >= 11 is 0. The molecule has 0 bridgehead atoms. The average Bonchev–Trinajstić information content (AvgIpc) is 2.17. The van der Waals surface area contributed by atoms with Crippen molar-refractivity contribution in [3.63, 3.8) is 0 Å². The lowest BCUT2D eigenvalue weighted by Gasteiger charge is -2.05. The zero-order chi connectivity index (χ0) is 11.3. The number of hydrogen-bond acceptors (Lipinski definition) is 3. The predicted molar refractivity (Wildman–Crippen MR) is 59.4 cm³/mol. The molecule has 0 aromatic heterocycles. The summed E-state index contributed by atoms with van der Waals surface area (Å²) in [5, 5.41) is 27.6. The lowest BCUT2D eigenvalue weighted by molar-refractivity contribution is 0.199. The molecule has 0 heterocycles. The van der Waals surface area contributed by atoms with Gasteiger partial charge in [-0.1, -0.05) is 24.3 Å². The Labute approximate surface area is 89.3 Å². The molecule has 1 aromatic rings. The lowest BCUT2D eigenvalue weighted by atomic mass is 10.1. The highest BCUT2D eigenvalue weighted by atomic mass is 16.3. The second-order valence-electron chi connectivity index (χ2n) is 3.49. The van der Waals surface area contributed by atoms with Crippen molar-refractivity contribution in [3.05, 3.63) is 35.4 Å². The molecule has 0 fully saturated rings. The van der Waals surface area contributed by atoms with Crippen LogP contribution in [0.2, 0.25) is 0 Å². The molecule has 0 unspecified atom stereocenters. The zero-order valence-corrected chi connectivity index (χ0v) is 8.72. The highest BCUT2D eigenvalue weighted by molar-refractivity contribution is 5.57. The van der Waals surface area contributed by atoms with Gasteiger partial charge in [-0.05, 0) is 25.0 Å². The van der Waals surface area contributed by atoms with Gasteiger partial charge in [-0.3, -0.25) is 0 Å². The fraction of sp³-hybridized carbons (Fsp3) is 0.333. The topological polar surface area (TPSA) is 60.7 Å². The first-order valence-electron chi connectivity index (χ1n) is 4.91. The van der Waals surface area contributed by atoms with Gasteiger partial charge in [0.25, 0.3) is 0 Å². The van der Waals surface area contributed by atoms with Gasteiger partial charge in [-0.15, -0.1) is 0 Å². The average molecular weight is 208 g/mol. The molecule has 0 radical (unpaired) electrons. The van der Waals surface area contributed by atoms with E-state index in [-0.39, 0.29) is 18.5 Å². The van der Waals surface area contributed by atoms with Crippen LogP contribution in [0, 0.1) is 0 Å². The van der Waals surface area contributed by atoms with Crippen molar-refractivity contribution in [2.75, 3.05) is 0 Å². The molecular weight excluding hydrogens is 192 g/mol. The maximum atomic E-state index is 9.46. The van der Waals surface area contributed by atoms with Crippen LogP contribution < -0.4 is 0 Å². The van der Waals surface area contributed by atoms with Crippen molar-refractivity contribution >= 4 is 6.08 Å². The van der Waals surface area contributed by atoms with Gasteiger partial charge < -0.3 is 15.3 Å². The molecule has 1 rings (SSSR count). The van der Waals surface area contributed by atoms with Gasteiger partial charge in [0, 0.05) is 5.56 Å². The summed E-state index contributed by atoms with van der Waals surface area (Å²) in [6.07, 6.45) is 3.79. The third-order valence-electron chi connectivity index (χ3n) is 2.12. The molecule has 0 aliphatic carbocycles. The van der Waals surface area contributed by atoms with Crippen LogP contribution in [-0.4, -0.2) is 21.4 Å². The Kier molecular flexibility index (Phi) is 4.34. The SMILES string of the molecule is C[C@@H](O)C/C=C/c1cccc(O)c1CO. The molecule has 3 N–H and O–H groups in total. The Morgan fingerprint density at radius 1 is 1.40 bits per heavy atom. The molecular formula is C12H16O3. The van der Waals surface area contributed by atoms with Gasteiger partial charge in [0.2, 0.25) is 0 Å². The molecule has 0 saturated heterocycles. The Bertz CT molecular complexity index is 343. The van der Waals surface area contributed by atoms with Gasteiger partial charge in [0.05, 0.1) is 12.7 Å². The van der Waals surface area contributed by atoms with E-state index >= 15 is 0 Å². The third-order valence-corrected chi connectivity index (χ3v) is 2.12. The summed E-state index contributed by atoms with van der Waals surface area (Å²) in [5.74, 6) is 0.0942. The molecule has 0 saturated carbocycles. The fourth-order valence-electron chi connectivity index (χ4n) is 1.31. The minimum absolute atomic E-state index is 0.0942. The standard InChI is InChI=1S/C12H16O3/c1-9(14)4-2-5-10-6-3-7-12(15)11(10)8-13/h2-3,5-7,9,13-15H,4,8H2,1H3/b5-2+/t9-/m1/s1. The summed E-state index contributed by atoms with van der Waals surface area (Å²) in [6, 6.07) is 5.07. The van der Waals surface area contributed by atoms with E-state index in [0.29, 0.717) is 12.0 Å². The number of rotatable bonds is 4. The third kappa shape index (κ3) is 3.38. The quantitative estimate of drug-likeness (QED) is 0.705. The molecule has 3 heteroatoms. The van der Waals surface area contributed by atoms with Crippen LogP contribution in [0.3, 0.4) is 0 Å². The molecule has 0 aliphatic heterocycles. The minimum atomic E-state index is -0.379. The van der Waals surface area contributed by atoms with Crippen molar-refractivity contribution in [2.45, 2.75) is 26.1 Å². The van der Waals surface area contributed by atoms with Crippen LogP contribution in [0.5, 0.6) is 5.75 Å². The van der Waals surface area contributed by atoms with Crippen LogP contribution in [0.4, 0.5) is 0 Å². The number of benzene rings is 1. The number of aliphatic hydroxyl groups excluding tert-OH is 2. The van der Waals surface area contributed by atoms with Crippen LogP contribution in [0.1, 0.15) is 24.5 Å². The van der Waals surface area contributed by atoms with E-state index in [1.165, 1.54) is 6.07 Å². The number of phenols is 1. The van der Waals surface area contributed by atoms with Gasteiger partial charge in [-0.2, -0.15) is 0 Å². The maximum absolute atomic E-state index is 9.46. The van der Waals surface area contributed by atoms with Crippen LogP contribution in [0.25, 0.3) is 6.08 Å².